The molecule has 0 fully saturated rings. The number of benzene rings is 1. The molecule has 0 saturated carbocycles. The Kier molecular flexibility index (Phi) is 5.33. The average Bonchev–Trinajstić information content (AvgIpc) is 2.67. The summed E-state index contributed by atoms with van der Waals surface area (Å²) in [5.41, 5.74) is -1.11. The molecule has 0 radical (unpaired) electrons. The molecule has 148 valence electrons. The maximum absolute atomic E-state index is 12.9. The molecule has 0 N–H and O–H groups in total. The van der Waals surface area contributed by atoms with Gasteiger partial charge in [0.2, 0.25) is 0 Å². The van der Waals surface area contributed by atoms with Crippen molar-refractivity contribution < 1.29 is 13.2 Å². The van der Waals surface area contributed by atoms with Gasteiger partial charge < -0.3 is 0 Å². The molecule has 3 rings (SSSR count). The first kappa shape index (κ1) is 20.1. The average molecular weight is 410 g/mol. The summed E-state index contributed by atoms with van der Waals surface area (Å²) in [7, 11) is 2.87. The Morgan fingerprint density at radius 3 is 2.46 bits per heavy atom. The molecule has 10 heteroatoms. The summed E-state index contributed by atoms with van der Waals surface area (Å²) in [6.45, 7) is 1.83. The van der Waals surface area contributed by atoms with E-state index >= 15 is 0 Å². The first-order valence-corrected chi connectivity index (χ1v) is 9.37. The SMILES string of the molecule is CCc1nc(SCc2cccc(C(F)(F)F)c2)c2c(=O)n(C)c(=O)n(C)c2n1. The van der Waals surface area contributed by atoms with E-state index in [2.05, 4.69) is 9.97 Å². The van der Waals surface area contributed by atoms with Crippen molar-refractivity contribution in [3.63, 3.8) is 0 Å². The number of hydrogen-bond donors (Lipinski definition) is 0. The summed E-state index contributed by atoms with van der Waals surface area (Å²) in [6, 6.07) is 5.01. The van der Waals surface area contributed by atoms with Gasteiger partial charge in [0.15, 0.2) is 5.65 Å². The van der Waals surface area contributed by atoms with Crippen LogP contribution in [0.3, 0.4) is 0 Å². The number of alkyl halides is 3. The van der Waals surface area contributed by atoms with Crippen LogP contribution in [0.5, 0.6) is 0 Å². The maximum atomic E-state index is 12.9. The van der Waals surface area contributed by atoms with Crippen molar-refractivity contribution in [1.82, 2.24) is 19.1 Å². The van der Waals surface area contributed by atoms with E-state index in [4.69, 9.17) is 0 Å². The van der Waals surface area contributed by atoms with Crippen LogP contribution in [-0.4, -0.2) is 19.1 Å². The number of aromatic nitrogens is 4. The van der Waals surface area contributed by atoms with Crippen LogP contribution in [0.1, 0.15) is 23.9 Å². The molecule has 1 aromatic carbocycles. The Bertz CT molecular complexity index is 1170. The Labute approximate surface area is 162 Å². The third kappa shape index (κ3) is 3.68. The number of aryl methyl sites for hydroxylation is 2. The topological polar surface area (TPSA) is 69.8 Å². The number of halogens is 3. The zero-order chi connectivity index (χ0) is 20.6. The molecule has 6 nitrogen and oxygen atoms in total. The molecule has 2 heterocycles. The van der Waals surface area contributed by atoms with Gasteiger partial charge in [-0.05, 0) is 11.6 Å². The summed E-state index contributed by atoms with van der Waals surface area (Å²) in [5, 5.41) is 0.522. The van der Waals surface area contributed by atoms with E-state index in [-0.39, 0.29) is 16.8 Å². The molecule has 0 saturated heterocycles. The van der Waals surface area contributed by atoms with Crippen LogP contribution in [0, 0.1) is 0 Å². The third-order valence-electron chi connectivity index (χ3n) is 4.26. The Hall–Kier alpha value is -2.62. The van der Waals surface area contributed by atoms with Crippen LogP contribution in [0.25, 0.3) is 11.0 Å². The van der Waals surface area contributed by atoms with E-state index < -0.39 is 23.0 Å². The minimum atomic E-state index is -4.42. The van der Waals surface area contributed by atoms with Crippen LogP contribution in [0.4, 0.5) is 13.2 Å². The first-order valence-electron chi connectivity index (χ1n) is 8.39. The van der Waals surface area contributed by atoms with Crippen molar-refractivity contribution in [3.05, 3.63) is 62.1 Å². The number of fused-ring (bicyclic) bond motifs is 1. The highest BCUT2D eigenvalue weighted by atomic mass is 32.2. The fourth-order valence-corrected chi connectivity index (χ4v) is 3.70. The summed E-state index contributed by atoms with van der Waals surface area (Å²) >= 11 is 1.14. The monoisotopic (exact) mass is 410 g/mol. The molecule has 0 amide bonds. The fraction of sp³-hybridized carbons (Fsp3) is 0.333. The molecule has 0 atom stereocenters. The number of hydrogen-bond acceptors (Lipinski definition) is 5. The van der Waals surface area contributed by atoms with E-state index in [1.165, 1.54) is 24.7 Å². The zero-order valence-electron chi connectivity index (χ0n) is 15.4. The number of nitrogens with zero attached hydrogens (tertiary/aromatic N) is 4. The maximum Gasteiger partial charge on any atom is 0.416 e. The molecular formula is C18H17F3N4O2S. The van der Waals surface area contributed by atoms with Gasteiger partial charge in [0.05, 0.1) is 5.56 Å². The first-order chi connectivity index (χ1) is 13.1. The highest BCUT2D eigenvalue weighted by Crippen LogP contribution is 2.31. The molecule has 0 unspecified atom stereocenters. The van der Waals surface area contributed by atoms with Crippen molar-refractivity contribution in [2.45, 2.75) is 30.3 Å². The lowest BCUT2D eigenvalue weighted by atomic mass is 10.1. The molecule has 3 aromatic rings. The van der Waals surface area contributed by atoms with Gasteiger partial charge in [-0.3, -0.25) is 13.9 Å². The highest BCUT2D eigenvalue weighted by molar-refractivity contribution is 7.98. The van der Waals surface area contributed by atoms with Crippen molar-refractivity contribution in [2.24, 2.45) is 14.1 Å². The Morgan fingerprint density at radius 1 is 1.11 bits per heavy atom. The van der Waals surface area contributed by atoms with Crippen LogP contribution in [0.15, 0.2) is 38.9 Å². The lowest BCUT2D eigenvalue weighted by Gasteiger charge is -2.12. The molecule has 0 aliphatic carbocycles. The molecule has 0 aliphatic rings. The van der Waals surface area contributed by atoms with Gasteiger partial charge in [0.1, 0.15) is 16.2 Å². The normalized spacial score (nSPS) is 11.9. The lowest BCUT2D eigenvalue weighted by molar-refractivity contribution is -0.137. The number of thioether (sulfide) groups is 1. The molecular weight excluding hydrogens is 393 g/mol. The van der Waals surface area contributed by atoms with Gasteiger partial charge in [0, 0.05) is 26.3 Å². The second-order valence-electron chi connectivity index (χ2n) is 6.19. The van der Waals surface area contributed by atoms with Crippen LogP contribution in [-0.2, 0) is 32.4 Å². The van der Waals surface area contributed by atoms with E-state index in [0.717, 1.165) is 28.5 Å². The molecule has 28 heavy (non-hydrogen) atoms. The van der Waals surface area contributed by atoms with Crippen LogP contribution in [0.2, 0.25) is 0 Å². The standard InChI is InChI=1S/C18H17F3N4O2S/c1-4-12-22-14-13(16(26)25(3)17(27)24(14)2)15(23-12)28-9-10-6-5-7-11(8-10)18(19,20)21/h5-8H,4,9H2,1-3H3. The van der Waals surface area contributed by atoms with E-state index in [9.17, 15) is 22.8 Å². The van der Waals surface area contributed by atoms with E-state index in [0.29, 0.717) is 22.8 Å². The Morgan fingerprint density at radius 2 is 1.82 bits per heavy atom. The van der Waals surface area contributed by atoms with Gasteiger partial charge in [-0.1, -0.05) is 25.1 Å². The van der Waals surface area contributed by atoms with Gasteiger partial charge in [-0.2, -0.15) is 13.2 Å². The van der Waals surface area contributed by atoms with Crippen molar-refractivity contribution in [3.8, 4) is 0 Å². The summed E-state index contributed by atoms with van der Waals surface area (Å²) in [4.78, 5) is 33.5. The predicted octanol–water partition coefficient (Wildman–Crippen LogP) is 2.90. The molecule has 2 aromatic heterocycles. The quantitative estimate of drug-likeness (QED) is 0.489. The largest absolute Gasteiger partial charge is 0.416 e. The van der Waals surface area contributed by atoms with Crippen molar-refractivity contribution in [2.75, 3.05) is 0 Å². The van der Waals surface area contributed by atoms with E-state index in [1.54, 1.807) is 6.07 Å². The van der Waals surface area contributed by atoms with Crippen LogP contribution < -0.4 is 11.2 Å². The van der Waals surface area contributed by atoms with Gasteiger partial charge >= 0.3 is 11.9 Å². The molecule has 0 spiro atoms. The smallest absolute Gasteiger partial charge is 0.280 e. The second-order valence-corrected chi connectivity index (χ2v) is 7.15. The molecule has 0 aliphatic heterocycles. The highest BCUT2D eigenvalue weighted by Gasteiger charge is 2.30. The number of rotatable bonds is 4. The molecule has 0 bridgehead atoms. The zero-order valence-corrected chi connectivity index (χ0v) is 16.2. The predicted molar refractivity (Wildman–Crippen MR) is 100 cm³/mol. The fourth-order valence-electron chi connectivity index (χ4n) is 2.72. The van der Waals surface area contributed by atoms with Crippen molar-refractivity contribution >= 4 is 22.8 Å². The third-order valence-corrected chi connectivity index (χ3v) is 5.31. The van der Waals surface area contributed by atoms with Gasteiger partial charge in [0.25, 0.3) is 5.56 Å². The van der Waals surface area contributed by atoms with Crippen LogP contribution >= 0.6 is 11.8 Å². The lowest BCUT2D eigenvalue weighted by Crippen LogP contribution is -2.37. The summed E-state index contributed by atoms with van der Waals surface area (Å²) in [5.74, 6) is 0.632. The minimum Gasteiger partial charge on any atom is -0.280 e. The van der Waals surface area contributed by atoms with Gasteiger partial charge in [-0.15, -0.1) is 11.8 Å². The summed E-state index contributed by atoms with van der Waals surface area (Å²) in [6.07, 6.45) is -3.94. The Balaban J connectivity index is 2.09. The van der Waals surface area contributed by atoms with Gasteiger partial charge in [-0.25, -0.2) is 14.8 Å². The van der Waals surface area contributed by atoms with Crippen molar-refractivity contribution in [1.29, 1.82) is 0 Å². The minimum absolute atomic E-state index is 0.179. The summed E-state index contributed by atoms with van der Waals surface area (Å²) < 4.78 is 41.0. The van der Waals surface area contributed by atoms with E-state index in [1.807, 2.05) is 6.92 Å². The second kappa shape index (κ2) is 7.42.